The molecule has 1 N–H and O–H groups in total. The molecule has 1 unspecified atom stereocenters. The van der Waals surface area contributed by atoms with Crippen LogP contribution in [0.4, 0.5) is 4.39 Å². The van der Waals surface area contributed by atoms with E-state index in [0.29, 0.717) is 5.69 Å². The van der Waals surface area contributed by atoms with E-state index >= 15 is 0 Å². The Kier molecular flexibility index (Phi) is 4.43. The molecule has 4 aromatic rings. The minimum atomic E-state index is -0.383. The Bertz CT molecular complexity index is 1230. The molecule has 2 heterocycles. The molecule has 1 aromatic heterocycles. The van der Waals surface area contributed by atoms with Gasteiger partial charge in [-0.1, -0.05) is 67.6 Å². The number of fused-ring (bicyclic) bond motifs is 1. The highest BCUT2D eigenvalue weighted by atomic mass is 19.1. The van der Waals surface area contributed by atoms with Crippen LogP contribution in [0.5, 0.6) is 0 Å². The molecule has 4 nitrogen and oxygen atoms in total. The second-order valence-corrected chi connectivity index (χ2v) is 7.33. The predicted octanol–water partition coefficient (Wildman–Crippen LogP) is 5.07. The summed E-state index contributed by atoms with van der Waals surface area (Å²) in [6.07, 6.45) is 0.850. The summed E-state index contributed by atoms with van der Waals surface area (Å²) in [6.45, 7) is 2.10. The summed E-state index contributed by atoms with van der Waals surface area (Å²) < 4.78 is 15.4. The molecule has 5 heteroatoms. The molecule has 0 aliphatic carbocycles. The van der Waals surface area contributed by atoms with E-state index < -0.39 is 0 Å². The van der Waals surface area contributed by atoms with Crippen LogP contribution in [-0.2, 0) is 6.42 Å². The van der Waals surface area contributed by atoms with Gasteiger partial charge in [0, 0.05) is 11.1 Å². The van der Waals surface area contributed by atoms with Crippen molar-refractivity contribution in [3.63, 3.8) is 0 Å². The molecule has 0 radical (unpaired) electrons. The predicted molar refractivity (Wildman–Crippen MR) is 114 cm³/mol. The maximum atomic E-state index is 13.5. The first-order valence-corrected chi connectivity index (χ1v) is 10.0. The zero-order valence-electron chi connectivity index (χ0n) is 16.5. The summed E-state index contributed by atoms with van der Waals surface area (Å²) in [5.41, 5.74) is 6.01. The number of nitrogens with one attached hydrogen (secondary N) is 1. The summed E-state index contributed by atoms with van der Waals surface area (Å²) in [5, 5.41) is 7.77. The lowest BCUT2D eigenvalue weighted by molar-refractivity contribution is 0.0955. The Morgan fingerprint density at radius 2 is 1.67 bits per heavy atom. The van der Waals surface area contributed by atoms with Gasteiger partial charge < -0.3 is 5.32 Å². The van der Waals surface area contributed by atoms with Gasteiger partial charge in [0.25, 0.3) is 5.91 Å². The van der Waals surface area contributed by atoms with Crippen LogP contribution in [0.15, 0.2) is 78.9 Å². The van der Waals surface area contributed by atoms with Crippen LogP contribution in [0.2, 0.25) is 0 Å². The van der Waals surface area contributed by atoms with E-state index in [4.69, 9.17) is 5.10 Å². The molecule has 0 bridgehead atoms. The first kappa shape index (κ1) is 18.3. The SMILES string of the molecule is CCc1ccccc1-n1nc2c(c1-c1ccccc1)C(c1ccc(F)cc1)NC2=O. The number of benzene rings is 3. The summed E-state index contributed by atoms with van der Waals surface area (Å²) in [6, 6.07) is 23.9. The number of carbonyl (C=O) groups is 1. The van der Waals surface area contributed by atoms with E-state index in [1.807, 2.05) is 53.2 Å². The van der Waals surface area contributed by atoms with Crippen LogP contribution in [0.3, 0.4) is 0 Å². The van der Waals surface area contributed by atoms with Crippen molar-refractivity contribution < 1.29 is 9.18 Å². The molecule has 0 saturated carbocycles. The highest BCUT2D eigenvalue weighted by Crippen LogP contribution is 2.40. The zero-order chi connectivity index (χ0) is 20.7. The standard InChI is InChI=1S/C25H20FN3O/c1-2-16-8-6-7-11-20(16)29-24(18-9-4-3-5-10-18)21-22(27-25(30)23(21)28-29)17-12-14-19(26)15-13-17/h3-15,22H,2H2,1H3,(H,27,30). The van der Waals surface area contributed by atoms with Crippen molar-refractivity contribution in [2.45, 2.75) is 19.4 Å². The maximum absolute atomic E-state index is 13.5. The van der Waals surface area contributed by atoms with Crippen molar-refractivity contribution in [2.75, 3.05) is 0 Å². The molecule has 1 atom stereocenters. The third-order valence-electron chi connectivity index (χ3n) is 5.55. The number of nitrogens with zero attached hydrogens (tertiary/aromatic N) is 2. The highest BCUT2D eigenvalue weighted by Gasteiger charge is 2.38. The van der Waals surface area contributed by atoms with E-state index in [2.05, 4.69) is 18.3 Å². The lowest BCUT2D eigenvalue weighted by atomic mass is 9.96. The molecular formula is C25H20FN3O. The summed E-state index contributed by atoms with van der Waals surface area (Å²) in [5.74, 6) is -0.525. The number of hydrogen-bond acceptors (Lipinski definition) is 2. The summed E-state index contributed by atoms with van der Waals surface area (Å²) in [4.78, 5) is 12.8. The normalized spacial score (nSPS) is 15.1. The van der Waals surface area contributed by atoms with Crippen molar-refractivity contribution in [1.82, 2.24) is 15.1 Å². The third kappa shape index (κ3) is 2.90. The maximum Gasteiger partial charge on any atom is 0.272 e. The fourth-order valence-electron chi connectivity index (χ4n) is 4.11. The van der Waals surface area contributed by atoms with Crippen LogP contribution in [0.25, 0.3) is 16.9 Å². The fraction of sp³-hybridized carbons (Fsp3) is 0.120. The minimum absolute atomic E-state index is 0.218. The van der Waals surface area contributed by atoms with E-state index in [0.717, 1.165) is 40.1 Å². The largest absolute Gasteiger partial charge is 0.340 e. The second-order valence-electron chi connectivity index (χ2n) is 7.33. The number of amides is 1. The molecule has 1 amide bonds. The molecule has 3 aromatic carbocycles. The van der Waals surface area contributed by atoms with Gasteiger partial charge in [-0.2, -0.15) is 5.10 Å². The Morgan fingerprint density at radius 3 is 2.40 bits per heavy atom. The molecular weight excluding hydrogens is 377 g/mol. The van der Waals surface area contributed by atoms with Gasteiger partial charge >= 0.3 is 0 Å². The lowest BCUT2D eigenvalue weighted by Gasteiger charge is -2.17. The first-order chi connectivity index (χ1) is 14.7. The van der Waals surface area contributed by atoms with Crippen molar-refractivity contribution in [3.8, 4) is 16.9 Å². The molecule has 5 rings (SSSR count). The summed E-state index contributed by atoms with van der Waals surface area (Å²) >= 11 is 0. The Hall–Kier alpha value is -3.73. The van der Waals surface area contributed by atoms with Crippen molar-refractivity contribution in [2.24, 2.45) is 0 Å². The van der Waals surface area contributed by atoms with Gasteiger partial charge in [-0.3, -0.25) is 4.79 Å². The van der Waals surface area contributed by atoms with Crippen LogP contribution >= 0.6 is 0 Å². The number of halogens is 1. The third-order valence-corrected chi connectivity index (χ3v) is 5.55. The molecule has 0 spiro atoms. The minimum Gasteiger partial charge on any atom is -0.340 e. The van der Waals surface area contributed by atoms with Gasteiger partial charge in [-0.05, 0) is 35.7 Å². The Balaban J connectivity index is 1.79. The molecule has 30 heavy (non-hydrogen) atoms. The van der Waals surface area contributed by atoms with Gasteiger partial charge in [0.1, 0.15) is 5.82 Å². The van der Waals surface area contributed by atoms with E-state index in [1.165, 1.54) is 12.1 Å². The molecule has 0 saturated heterocycles. The van der Waals surface area contributed by atoms with E-state index in [9.17, 15) is 9.18 Å². The number of hydrogen-bond donors (Lipinski definition) is 1. The number of carbonyl (C=O) groups excluding carboxylic acids is 1. The van der Waals surface area contributed by atoms with Gasteiger partial charge in [0.05, 0.1) is 17.4 Å². The number of rotatable bonds is 4. The first-order valence-electron chi connectivity index (χ1n) is 10.0. The zero-order valence-corrected chi connectivity index (χ0v) is 16.5. The number of aromatic nitrogens is 2. The molecule has 1 aliphatic heterocycles. The van der Waals surface area contributed by atoms with Gasteiger partial charge in [-0.15, -0.1) is 0 Å². The molecule has 148 valence electrons. The monoisotopic (exact) mass is 397 g/mol. The van der Waals surface area contributed by atoms with Crippen LogP contribution in [0, 0.1) is 5.82 Å². The second kappa shape index (κ2) is 7.26. The van der Waals surface area contributed by atoms with Crippen LogP contribution in [-0.4, -0.2) is 15.7 Å². The topological polar surface area (TPSA) is 46.9 Å². The van der Waals surface area contributed by atoms with Gasteiger partial charge in [0.15, 0.2) is 5.69 Å². The average Bonchev–Trinajstić information content (AvgIpc) is 3.33. The molecule has 1 aliphatic rings. The summed E-state index contributed by atoms with van der Waals surface area (Å²) in [7, 11) is 0. The smallest absolute Gasteiger partial charge is 0.272 e. The number of para-hydroxylation sites is 1. The van der Waals surface area contributed by atoms with Crippen LogP contribution in [0.1, 0.15) is 40.1 Å². The van der Waals surface area contributed by atoms with Gasteiger partial charge in [0.2, 0.25) is 0 Å². The van der Waals surface area contributed by atoms with Crippen molar-refractivity contribution >= 4 is 5.91 Å². The van der Waals surface area contributed by atoms with Crippen molar-refractivity contribution in [3.05, 3.63) is 107 Å². The van der Waals surface area contributed by atoms with E-state index in [-0.39, 0.29) is 17.8 Å². The Labute approximate surface area is 174 Å². The average molecular weight is 397 g/mol. The van der Waals surface area contributed by atoms with E-state index in [1.54, 1.807) is 12.1 Å². The van der Waals surface area contributed by atoms with Crippen LogP contribution < -0.4 is 5.32 Å². The fourth-order valence-corrected chi connectivity index (χ4v) is 4.11. The quantitative estimate of drug-likeness (QED) is 0.522. The molecule has 0 fully saturated rings. The Morgan fingerprint density at radius 1 is 0.967 bits per heavy atom. The van der Waals surface area contributed by atoms with Gasteiger partial charge in [-0.25, -0.2) is 9.07 Å². The number of aryl methyl sites for hydroxylation is 1. The highest BCUT2D eigenvalue weighted by molar-refractivity contribution is 6.00. The van der Waals surface area contributed by atoms with Crippen molar-refractivity contribution in [1.29, 1.82) is 0 Å². The lowest BCUT2D eigenvalue weighted by Crippen LogP contribution is -2.22.